The first-order chi connectivity index (χ1) is 7.67. The van der Waals surface area contributed by atoms with Gasteiger partial charge < -0.3 is 15.4 Å². The molecule has 0 unspecified atom stereocenters. The number of nitrogen functional groups attached to an aromatic ring is 1. The largest absolute Gasteiger partial charge is 0.481 e. The SMILES string of the molecule is C=CCCCN(C)c1cc(OC)nc(N)n1. The molecular formula is C11H18N4O. The quantitative estimate of drug-likeness (QED) is 0.583. The number of anilines is 2. The van der Waals surface area contributed by atoms with E-state index in [1.54, 1.807) is 13.2 Å². The molecule has 0 fully saturated rings. The smallest absolute Gasteiger partial charge is 0.225 e. The van der Waals surface area contributed by atoms with Crippen LogP contribution in [0.3, 0.4) is 0 Å². The topological polar surface area (TPSA) is 64.3 Å². The van der Waals surface area contributed by atoms with Crippen molar-refractivity contribution in [3.8, 4) is 5.88 Å². The van der Waals surface area contributed by atoms with Crippen molar-refractivity contribution in [3.63, 3.8) is 0 Å². The van der Waals surface area contributed by atoms with E-state index in [1.165, 1.54) is 0 Å². The molecule has 1 aromatic rings. The molecule has 1 rings (SSSR count). The van der Waals surface area contributed by atoms with Gasteiger partial charge >= 0.3 is 0 Å². The van der Waals surface area contributed by atoms with E-state index in [0.717, 1.165) is 25.2 Å². The maximum atomic E-state index is 5.58. The highest BCUT2D eigenvalue weighted by Crippen LogP contribution is 2.17. The van der Waals surface area contributed by atoms with Crippen LogP contribution in [0.15, 0.2) is 18.7 Å². The van der Waals surface area contributed by atoms with Crippen molar-refractivity contribution < 1.29 is 4.74 Å². The Morgan fingerprint density at radius 1 is 1.56 bits per heavy atom. The maximum Gasteiger partial charge on any atom is 0.225 e. The third kappa shape index (κ3) is 3.42. The Labute approximate surface area is 95.9 Å². The number of methoxy groups -OCH3 is 1. The highest BCUT2D eigenvalue weighted by Gasteiger charge is 2.06. The fraction of sp³-hybridized carbons (Fsp3) is 0.455. The summed E-state index contributed by atoms with van der Waals surface area (Å²) in [5.74, 6) is 1.48. The summed E-state index contributed by atoms with van der Waals surface area (Å²) < 4.78 is 5.04. The van der Waals surface area contributed by atoms with E-state index < -0.39 is 0 Å². The van der Waals surface area contributed by atoms with Gasteiger partial charge in [-0.15, -0.1) is 6.58 Å². The normalized spacial score (nSPS) is 9.88. The molecule has 88 valence electrons. The molecule has 0 spiro atoms. The van der Waals surface area contributed by atoms with Gasteiger partial charge in [-0.3, -0.25) is 0 Å². The molecule has 0 atom stereocenters. The zero-order chi connectivity index (χ0) is 12.0. The number of nitrogens with two attached hydrogens (primary N) is 1. The van der Waals surface area contributed by atoms with Crippen molar-refractivity contribution in [3.05, 3.63) is 18.7 Å². The third-order valence-electron chi connectivity index (χ3n) is 2.21. The molecule has 0 radical (unpaired) electrons. The zero-order valence-electron chi connectivity index (χ0n) is 9.81. The van der Waals surface area contributed by atoms with Gasteiger partial charge in [0.1, 0.15) is 5.82 Å². The molecule has 0 aliphatic heterocycles. The first-order valence-electron chi connectivity index (χ1n) is 5.18. The molecule has 5 heteroatoms. The Hall–Kier alpha value is -1.78. The van der Waals surface area contributed by atoms with E-state index in [9.17, 15) is 0 Å². The van der Waals surface area contributed by atoms with Crippen LogP contribution in [0.4, 0.5) is 11.8 Å². The second-order valence-corrected chi connectivity index (χ2v) is 3.48. The van der Waals surface area contributed by atoms with Gasteiger partial charge in [0, 0.05) is 19.7 Å². The number of ether oxygens (including phenoxy) is 1. The van der Waals surface area contributed by atoms with Gasteiger partial charge in [-0.1, -0.05) is 6.08 Å². The summed E-state index contributed by atoms with van der Waals surface area (Å²) >= 11 is 0. The van der Waals surface area contributed by atoms with Crippen LogP contribution in [0.25, 0.3) is 0 Å². The third-order valence-corrected chi connectivity index (χ3v) is 2.21. The highest BCUT2D eigenvalue weighted by molar-refractivity contribution is 5.44. The zero-order valence-corrected chi connectivity index (χ0v) is 9.81. The number of hydrogen-bond donors (Lipinski definition) is 1. The van der Waals surface area contributed by atoms with E-state index in [2.05, 4.69) is 16.5 Å². The minimum absolute atomic E-state index is 0.227. The Kier molecular flexibility index (Phi) is 4.57. The Morgan fingerprint density at radius 3 is 2.94 bits per heavy atom. The van der Waals surface area contributed by atoms with Crippen LogP contribution >= 0.6 is 0 Å². The summed E-state index contributed by atoms with van der Waals surface area (Å²) in [4.78, 5) is 10.1. The van der Waals surface area contributed by atoms with Crippen molar-refractivity contribution in [1.82, 2.24) is 9.97 Å². The monoisotopic (exact) mass is 222 g/mol. The molecule has 0 amide bonds. The van der Waals surface area contributed by atoms with Gasteiger partial charge in [0.15, 0.2) is 0 Å². The van der Waals surface area contributed by atoms with Crippen LogP contribution in [0.1, 0.15) is 12.8 Å². The van der Waals surface area contributed by atoms with Crippen LogP contribution < -0.4 is 15.4 Å². The molecule has 0 aliphatic rings. The molecule has 5 nitrogen and oxygen atoms in total. The molecular weight excluding hydrogens is 204 g/mol. The first kappa shape index (κ1) is 12.3. The summed E-state index contributed by atoms with van der Waals surface area (Å²) in [6, 6.07) is 1.77. The molecule has 0 aromatic carbocycles. The molecule has 1 aromatic heterocycles. The molecule has 16 heavy (non-hydrogen) atoms. The van der Waals surface area contributed by atoms with Gasteiger partial charge in [-0.25, -0.2) is 0 Å². The van der Waals surface area contributed by atoms with Gasteiger partial charge in [-0.05, 0) is 12.8 Å². The molecule has 1 heterocycles. The number of hydrogen-bond acceptors (Lipinski definition) is 5. The minimum Gasteiger partial charge on any atom is -0.481 e. The maximum absolute atomic E-state index is 5.58. The van der Waals surface area contributed by atoms with Crippen molar-refractivity contribution in [2.24, 2.45) is 0 Å². The number of aromatic nitrogens is 2. The Balaban J connectivity index is 2.70. The van der Waals surface area contributed by atoms with E-state index in [0.29, 0.717) is 5.88 Å². The van der Waals surface area contributed by atoms with Gasteiger partial charge in [-0.2, -0.15) is 9.97 Å². The van der Waals surface area contributed by atoms with Crippen LogP contribution in [-0.4, -0.2) is 30.7 Å². The highest BCUT2D eigenvalue weighted by atomic mass is 16.5. The lowest BCUT2D eigenvalue weighted by atomic mass is 10.3. The van der Waals surface area contributed by atoms with Crippen LogP contribution in [0, 0.1) is 0 Å². The van der Waals surface area contributed by atoms with Crippen molar-refractivity contribution in [2.75, 3.05) is 31.3 Å². The van der Waals surface area contributed by atoms with E-state index in [1.807, 2.05) is 18.0 Å². The number of nitrogens with zero attached hydrogens (tertiary/aromatic N) is 3. The molecule has 0 saturated heterocycles. The Morgan fingerprint density at radius 2 is 2.31 bits per heavy atom. The lowest BCUT2D eigenvalue weighted by Gasteiger charge is -2.18. The summed E-state index contributed by atoms with van der Waals surface area (Å²) in [6.45, 7) is 4.58. The second kappa shape index (κ2) is 5.95. The predicted octanol–water partition coefficient (Wildman–Crippen LogP) is 1.47. The average molecular weight is 222 g/mol. The molecule has 2 N–H and O–H groups in total. The summed E-state index contributed by atoms with van der Waals surface area (Å²) in [5, 5.41) is 0. The van der Waals surface area contributed by atoms with Crippen LogP contribution in [0.2, 0.25) is 0 Å². The fourth-order valence-electron chi connectivity index (χ4n) is 1.32. The summed E-state index contributed by atoms with van der Waals surface area (Å²) in [5.41, 5.74) is 5.58. The van der Waals surface area contributed by atoms with Gasteiger partial charge in [0.05, 0.1) is 7.11 Å². The lowest BCUT2D eigenvalue weighted by molar-refractivity contribution is 0.397. The molecule has 0 aliphatic carbocycles. The Bertz CT molecular complexity index is 354. The van der Waals surface area contributed by atoms with E-state index in [-0.39, 0.29) is 5.95 Å². The predicted molar refractivity (Wildman–Crippen MR) is 65.7 cm³/mol. The van der Waals surface area contributed by atoms with Gasteiger partial charge in [0.25, 0.3) is 0 Å². The second-order valence-electron chi connectivity index (χ2n) is 3.48. The lowest BCUT2D eigenvalue weighted by Crippen LogP contribution is -2.20. The first-order valence-corrected chi connectivity index (χ1v) is 5.18. The van der Waals surface area contributed by atoms with Crippen molar-refractivity contribution in [2.45, 2.75) is 12.8 Å². The standard InChI is InChI=1S/C11H18N4O/c1-4-5-6-7-15(2)9-8-10(16-3)14-11(12)13-9/h4,8H,1,5-7H2,2-3H3,(H2,12,13,14). The number of allylic oxidation sites excluding steroid dienone is 1. The fourth-order valence-corrected chi connectivity index (χ4v) is 1.32. The summed E-state index contributed by atoms with van der Waals surface area (Å²) in [6.07, 6.45) is 3.93. The van der Waals surface area contributed by atoms with E-state index >= 15 is 0 Å². The minimum atomic E-state index is 0.227. The van der Waals surface area contributed by atoms with Gasteiger partial charge in [0.2, 0.25) is 11.8 Å². The van der Waals surface area contributed by atoms with Crippen molar-refractivity contribution >= 4 is 11.8 Å². The van der Waals surface area contributed by atoms with Crippen LogP contribution in [-0.2, 0) is 0 Å². The van der Waals surface area contributed by atoms with Crippen LogP contribution in [0.5, 0.6) is 5.88 Å². The molecule has 0 bridgehead atoms. The van der Waals surface area contributed by atoms with E-state index in [4.69, 9.17) is 10.5 Å². The summed E-state index contributed by atoms with van der Waals surface area (Å²) in [7, 11) is 3.52. The van der Waals surface area contributed by atoms with Crippen molar-refractivity contribution in [1.29, 1.82) is 0 Å². The number of unbranched alkanes of at least 4 members (excludes halogenated alkanes) is 1. The molecule has 0 saturated carbocycles. The number of rotatable bonds is 6. The average Bonchev–Trinajstić information content (AvgIpc) is 2.28.